The number of aryl methyl sites for hydroxylation is 1. The summed E-state index contributed by atoms with van der Waals surface area (Å²) in [5.74, 6) is 0. The first-order valence-electron chi connectivity index (χ1n) is 8.49. The van der Waals surface area contributed by atoms with E-state index in [-0.39, 0.29) is 5.54 Å². The average molecular weight is 287 g/mol. The number of para-hydroxylation sites is 1. The second kappa shape index (κ2) is 6.37. The first-order chi connectivity index (χ1) is 10.2. The molecule has 1 atom stereocenters. The van der Waals surface area contributed by atoms with Crippen LogP contribution in [0.15, 0.2) is 24.3 Å². The van der Waals surface area contributed by atoms with Gasteiger partial charge in [-0.25, -0.2) is 0 Å². The van der Waals surface area contributed by atoms with E-state index in [1.807, 2.05) is 0 Å². The molecule has 2 N–H and O–H groups in total. The molecule has 3 nitrogen and oxygen atoms in total. The van der Waals surface area contributed by atoms with E-state index >= 15 is 0 Å². The maximum Gasteiger partial charge on any atom is 0.0536 e. The number of hydrogen-bond donors (Lipinski definition) is 1. The number of rotatable bonds is 2. The Labute approximate surface area is 129 Å². The van der Waals surface area contributed by atoms with E-state index in [4.69, 9.17) is 5.73 Å². The van der Waals surface area contributed by atoms with Gasteiger partial charge in [-0.05, 0) is 63.7 Å². The van der Waals surface area contributed by atoms with Gasteiger partial charge < -0.3 is 15.5 Å². The molecule has 3 heteroatoms. The number of benzene rings is 1. The van der Waals surface area contributed by atoms with Gasteiger partial charge in [-0.15, -0.1) is 0 Å². The highest BCUT2D eigenvalue weighted by Gasteiger charge is 2.37. The van der Waals surface area contributed by atoms with E-state index in [9.17, 15) is 0 Å². The Morgan fingerprint density at radius 3 is 2.76 bits per heavy atom. The summed E-state index contributed by atoms with van der Waals surface area (Å²) in [5, 5.41) is 0. The van der Waals surface area contributed by atoms with E-state index in [1.165, 1.54) is 56.3 Å². The Bertz CT molecular complexity index is 473. The van der Waals surface area contributed by atoms with E-state index in [0.29, 0.717) is 0 Å². The molecule has 1 aromatic rings. The van der Waals surface area contributed by atoms with Crippen LogP contribution in [-0.4, -0.2) is 43.7 Å². The van der Waals surface area contributed by atoms with Crippen LogP contribution in [0.1, 0.15) is 37.7 Å². The van der Waals surface area contributed by atoms with Crippen LogP contribution in [0.3, 0.4) is 0 Å². The predicted octanol–water partition coefficient (Wildman–Crippen LogP) is 2.64. The van der Waals surface area contributed by atoms with Crippen molar-refractivity contribution >= 4 is 5.69 Å². The fourth-order valence-corrected chi connectivity index (χ4v) is 4.08. The van der Waals surface area contributed by atoms with E-state index in [1.54, 1.807) is 0 Å². The van der Waals surface area contributed by atoms with Crippen molar-refractivity contribution in [2.75, 3.05) is 38.1 Å². The largest absolute Gasteiger partial charge is 0.364 e. The number of anilines is 1. The molecule has 2 aliphatic rings. The fraction of sp³-hybridized carbons (Fsp3) is 0.667. The minimum atomic E-state index is 0.158. The third-order valence-corrected chi connectivity index (χ3v) is 5.45. The molecule has 1 aromatic carbocycles. The van der Waals surface area contributed by atoms with Crippen LogP contribution in [0.4, 0.5) is 5.69 Å². The number of hydrogen-bond acceptors (Lipinski definition) is 3. The van der Waals surface area contributed by atoms with Gasteiger partial charge in [-0.1, -0.05) is 18.2 Å². The summed E-state index contributed by atoms with van der Waals surface area (Å²) >= 11 is 0. The Hall–Kier alpha value is -1.06. The smallest absolute Gasteiger partial charge is 0.0536 e. The Kier molecular flexibility index (Phi) is 4.51. The average Bonchev–Trinajstić information content (AvgIpc) is 2.84. The van der Waals surface area contributed by atoms with Crippen LogP contribution in [-0.2, 0) is 6.42 Å². The molecule has 0 aromatic heterocycles. The fourth-order valence-electron chi connectivity index (χ4n) is 4.08. The predicted molar refractivity (Wildman–Crippen MR) is 89.9 cm³/mol. The van der Waals surface area contributed by atoms with E-state index in [2.05, 4.69) is 41.1 Å². The lowest BCUT2D eigenvalue weighted by Crippen LogP contribution is -2.55. The van der Waals surface area contributed by atoms with Gasteiger partial charge in [0, 0.05) is 25.3 Å². The molecule has 3 rings (SSSR count). The van der Waals surface area contributed by atoms with Gasteiger partial charge >= 0.3 is 0 Å². The summed E-state index contributed by atoms with van der Waals surface area (Å²) in [6.07, 6.45) is 7.47. The molecule has 0 amide bonds. The quantitative estimate of drug-likeness (QED) is 0.907. The Morgan fingerprint density at radius 1 is 1.05 bits per heavy atom. The van der Waals surface area contributed by atoms with Gasteiger partial charge in [0.2, 0.25) is 0 Å². The molecule has 2 heterocycles. The summed E-state index contributed by atoms with van der Waals surface area (Å²) in [6, 6.07) is 8.98. The van der Waals surface area contributed by atoms with Crippen LogP contribution >= 0.6 is 0 Å². The zero-order valence-corrected chi connectivity index (χ0v) is 13.4. The number of fused-ring (bicyclic) bond motifs is 1. The molecule has 1 saturated heterocycles. The highest BCUT2D eigenvalue weighted by Crippen LogP contribution is 2.36. The SMILES string of the molecule is CN1CCCC(CN)(N2CCCCc3ccccc32)CC1. The van der Waals surface area contributed by atoms with Gasteiger partial charge in [0.15, 0.2) is 0 Å². The van der Waals surface area contributed by atoms with Crippen molar-refractivity contribution in [3.8, 4) is 0 Å². The van der Waals surface area contributed by atoms with Crippen molar-refractivity contribution in [3.05, 3.63) is 29.8 Å². The molecular formula is C18H29N3. The second-order valence-electron chi connectivity index (χ2n) is 6.82. The summed E-state index contributed by atoms with van der Waals surface area (Å²) in [7, 11) is 2.24. The zero-order chi connectivity index (χ0) is 14.7. The van der Waals surface area contributed by atoms with Crippen LogP contribution < -0.4 is 10.6 Å². The molecule has 1 fully saturated rings. The van der Waals surface area contributed by atoms with Gasteiger partial charge in [0.1, 0.15) is 0 Å². The molecule has 0 radical (unpaired) electrons. The van der Waals surface area contributed by atoms with Gasteiger partial charge in [0.25, 0.3) is 0 Å². The third kappa shape index (κ3) is 2.95. The molecule has 0 aliphatic carbocycles. The molecular weight excluding hydrogens is 258 g/mol. The molecule has 2 aliphatic heterocycles. The molecule has 0 spiro atoms. The number of nitrogens with two attached hydrogens (primary N) is 1. The lowest BCUT2D eigenvalue weighted by atomic mass is 9.87. The third-order valence-electron chi connectivity index (χ3n) is 5.45. The summed E-state index contributed by atoms with van der Waals surface area (Å²) in [6.45, 7) is 4.31. The second-order valence-corrected chi connectivity index (χ2v) is 6.82. The normalized spacial score (nSPS) is 27.8. The van der Waals surface area contributed by atoms with Crippen molar-refractivity contribution in [3.63, 3.8) is 0 Å². The van der Waals surface area contributed by atoms with Crippen LogP contribution in [0.2, 0.25) is 0 Å². The monoisotopic (exact) mass is 287 g/mol. The summed E-state index contributed by atoms with van der Waals surface area (Å²) < 4.78 is 0. The number of likely N-dealkylation sites (tertiary alicyclic amines) is 1. The van der Waals surface area contributed by atoms with Crippen LogP contribution in [0.25, 0.3) is 0 Å². The van der Waals surface area contributed by atoms with Gasteiger partial charge in [0.05, 0.1) is 5.54 Å². The summed E-state index contributed by atoms with van der Waals surface area (Å²) in [5.41, 5.74) is 9.45. The molecule has 0 saturated carbocycles. The lowest BCUT2D eigenvalue weighted by Gasteiger charge is -2.45. The van der Waals surface area contributed by atoms with E-state index in [0.717, 1.165) is 19.6 Å². The minimum Gasteiger partial charge on any atom is -0.364 e. The van der Waals surface area contributed by atoms with Crippen LogP contribution in [0.5, 0.6) is 0 Å². The number of nitrogens with zero attached hydrogens (tertiary/aromatic N) is 2. The maximum absolute atomic E-state index is 6.33. The zero-order valence-electron chi connectivity index (χ0n) is 13.4. The molecule has 0 bridgehead atoms. The van der Waals surface area contributed by atoms with Crippen molar-refractivity contribution in [1.82, 2.24) is 4.90 Å². The standard InChI is InChI=1S/C18H29N3/c1-20-12-6-10-18(15-19,11-14-20)21-13-5-4-8-16-7-2-3-9-17(16)21/h2-3,7,9H,4-6,8,10-15,19H2,1H3. The topological polar surface area (TPSA) is 32.5 Å². The van der Waals surface area contributed by atoms with Crippen molar-refractivity contribution in [2.24, 2.45) is 5.73 Å². The maximum atomic E-state index is 6.33. The van der Waals surface area contributed by atoms with Crippen LogP contribution in [0, 0.1) is 0 Å². The summed E-state index contributed by atoms with van der Waals surface area (Å²) in [4.78, 5) is 5.13. The Balaban J connectivity index is 1.96. The highest BCUT2D eigenvalue weighted by atomic mass is 15.2. The van der Waals surface area contributed by atoms with Gasteiger partial charge in [-0.3, -0.25) is 0 Å². The molecule has 116 valence electrons. The molecule has 21 heavy (non-hydrogen) atoms. The first kappa shape index (κ1) is 14.9. The Morgan fingerprint density at radius 2 is 1.90 bits per heavy atom. The van der Waals surface area contributed by atoms with Crippen molar-refractivity contribution in [1.29, 1.82) is 0 Å². The van der Waals surface area contributed by atoms with Gasteiger partial charge in [-0.2, -0.15) is 0 Å². The van der Waals surface area contributed by atoms with Crippen molar-refractivity contribution < 1.29 is 0 Å². The lowest BCUT2D eigenvalue weighted by molar-refractivity contribution is 0.317. The van der Waals surface area contributed by atoms with E-state index < -0.39 is 0 Å². The molecule has 1 unspecified atom stereocenters. The van der Waals surface area contributed by atoms with Crippen molar-refractivity contribution in [2.45, 2.75) is 44.1 Å². The first-order valence-corrected chi connectivity index (χ1v) is 8.49. The highest BCUT2D eigenvalue weighted by molar-refractivity contribution is 5.56. The minimum absolute atomic E-state index is 0.158.